The van der Waals surface area contributed by atoms with Crippen LogP contribution in [-0.2, 0) is 33.3 Å². The minimum Gasteiger partial charge on any atom is -0.465 e. The van der Waals surface area contributed by atoms with E-state index in [1.165, 1.54) is 7.11 Å². The molecule has 0 aliphatic carbocycles. The Labute approximate surface area is 130 Å². The van der Waals surface area contributed by atoms with Crippen LogP contribution in [0.5, 0.6) is 0 Å². The molecule has 0 spiro atoms. The van der Waals surface area contributed by atoms with E-state index in [-0.39, 0.29) is 32.7 Å². The van der Waals surface area contributed by atoms with Crippen LogP contribution in [0.2, 0.25) is 0 Å². The predicted octanol–water partition coefficient (Wildman–Crippen LogP) is 1.25. The molecule has 0 aromatic heterocycles. The lowest BCUT2D eigenvalue weighted by Crippen LogP contribution is -2.28. The lowest BCUT2D eigenvalue weighted by Gasteiger charge is -2.23. The molecule has 0 atom stereocenters. The van der Waals surface area contributed by atoms with Gasteiger partial charge in [-0.05, 0) is 0 Å². The van der Waals surface area contributed by atoms with E-state index in [2.05, 4.69) is 6.58 Å². The van der Waals surface area contributed by atoms with Gasteiger partial charge in [0.25, 0.3) is 0 Å². The molecule has 0 heterocycles. The molecule has 0 aromatic rings. The van der Waals surface area contributed by atoms with E-state index >= 15 is 0 Å². The Kier molecular flexibility index (Phi) is 9.86. The smallest absolute Gasteiger partial charge is 0.330 e. The second-order valence-corrected chi connectivity index (χ2v) is 5.35. The highest BCUT2D eigenvalue weighted by Gasteiger charge is 2.22. The van der Waals surface area contributed by atoms with Crippen molar-refractivity contribution in [2.24, 2.45) is 5.41 Å². The fraction of sp³-hybridized carbons (Fsp3) is 0.667. The van der Waals surface area contributed by atoms with Crippen LogP contribution in [0.4, 0.5) is 0 Å². The van der Waals surface area contributed by atoms with Crippen molar-refractivity contribution >= 4 is 17.9 Å². The van der Waals surface area contributed by atoms with Gasteiger partial charge in [-0.2, -0.15) is 0 Å². The maximum atomic E-state index is 11.5. The third-order valence-corrected chi connectivity index (χ3v) is 2.48. The first kappa shape index (κ1) is 20.1. The summed E-state index contributed by atoms with van der Waals surface area (Å²) in [7, 11) is 1.50. The molecule has 0 aromatic carbocycles. The summed E-state index contributed by atoms with van der Waals surface area (Å²) in [4.78, 5) is 33.8. The summed E-state index contributed by atoms with van der Waals surface area (Å²) in [6, 6.07) is 0. The maximum Gasteiger partial charge on any atom is 0.330 e. The molecule has 0 unspecified atom stereocenters. The second kappa shape index (κ2) is 10.8. The van der Waals surface area contributed by atoms with Crippen molar-refractivity contribution in [1.82, 2.24) is 0 Å². The fourth-order valence-corrected chi connectivity index (χ4v) is 1.23. The van der Waals surface area contributed by atoms with Crippen molar-refractivity contribution in [3.05, 3.63) is 12.7 Å². The monoisotopic (exact) mass is 316 g/mol. The summed E-state index contributed by atoms with van der Waals surface area (Å²) >= 11 is 0. The minimum absolute atomic E-state index is 0.0472. The van der Waals surface area contributed by atoms with Gasteiger partial charge < -0.3 is 18.9 Å². The number of rotatable bonds is 11. The van der Waals surface area contributed by atoms with Crippen LogP contribution in [0.1, 0.15) is 26.7 Å². The molecule has 0 saturated carbocycles. The first-order valence-electron chi connectivity index (χ1n) is 6.90. The summed E-state index contributed by atoms with van der Waals surface area (Å²) in [6.07, 6.45) is 0.958. The number of ether oxygens (including phenoxy) is 4. The lowest BCUT2D eigenvalue weighted by atomic mass is 9.96. The third kappa shape index (κ3) is 10.8. The molecule has 0 rings (SSSR count). The number of methoxy groups -OCH3 is 1. The quantitative estimate of drug-likeness (QED) is 0.245. The van der Waals surface area contributed by atoms with E-state index in [4.69, 9.17) is 18.9 Å². The van der Waals surface area contributed by atoms with Gasteiger partial charge in [-0.25, -0.2) is 4.79 Å². The molecule has 22 heavy (non-hydrogen) atoms. The molecule has 0 bridgehead atoms. The standard InChI is InChI=1S/C15H24O7/c1-5-12(16)21-10-15(2,3)11-22-14(18)7-6-13(17)20-9-8-19-4/h5H,1,6-11H2,2-4H3. The maximum absolute atomic E-state index is 11.5. The highest BCUT2D eigenvalue weighted by molar-refractivity contribution is 5.81. The summed E-state index contributed by atoms with van der Waals surface area (Å²) in [6.45, 7) is 7.52. The van der Waals surface area contributed by atoms with Crippen molar-refractivity contribution in [1.29, 1.82) is 0 Å². The zero-order chi connectivity index (χ0) is 17.0. The van der Waals surface area contributed by atoms with E-state index < -0.39 is 23.3 Å². The van der Waals surface area contributed by atoms with Crippen molar-refractivity contribution in [3.8, 4) is 0 Å². The van der Waals surface area contributed by atoms with E-state index in [9.17, 15) is 14.4 Å². The highest BCUT2D eigenvalue weighted by Crippen LogP contribution is 2.16. The lowest BCUT2D eigenvalue weighted by molar-refractivity contribution is -0.154. The zero-order valence-corrected chi connectivity index (χ0v) is 13.4. The number of hydrogen-bond acceptors (Lipinski definition) is 7. The van der Waals surface area contributed by atoms with Crippen LogP contribution in [0.25, 0.3) is 0 Å². The van der Waals surface area contributed by atoms with Gasteiger partial charge in [-0.1, -0.05) is 20.4 Å². The Morgan fingerprint density at radius 2 is 1.50 bits per heavy atom. The van der Waals surface area contributed by atoms with Gasteiger partial charge in [0.2, 0.25) is 0 Å². The molecule has 7 heteroatoms. The SMILES string of the molecule is C=CC(=O)OCC(C)(C)COC(=O)CCC(=O)OCCOC. The van der Waals surface area contributed by atoms with Crippen molar-refractivity contribution in [3.63, 3.8) is 0 Å². The van der Waals surface area contributed by atoms with E-state index in [0.717, 1.165) is 6.08 Å². The Morgan fingerprint density at radius 1 is 0.955 bits per heavy atom. The number of carbonyl (C=O) groups is 3. The van der Waals surface area contributed by atoms with Crippen LogP contribution in [-0.4, -0.2) is 51.4 Å². The second-order valence-electron chi connectivity index (χ2n) is 5.35. The molecule has 0 radical (unpaired) electrons. The molecule has 0 saturated heterocycles. The number of esters is 3. The Hall–Kier alpha value is -1.89. The average molecular weight is 316 g/mol. The molecular weight excluding hydrogens is 292 g/mol. The zero-order valence-electron chi connectivity index (χ0n) is 13.4. The Bertz CT molecular complexity index is 387. The van der Waals surface area contributed by atoms with Gasteiger partial charge in [0.15, 0.2) is 0 Å². The number of hydrogen-bond donors (Lipinski definition) is 0. The molecule has 0 aliphatic rings. The van der Waals surface area contributed by atoms with Gasteiger partial charge in [-0.15, -0.1) is 0 Å². The van der Waals surface area contributed by atoms with Gasteiger partial charge in [0.1, 0.15) is 6.61 Å². The molecular formula is C15H24O7. The first-order chi connectivity index (χ1) is 10.3. The van der Waals surface area contributed by atoms with Crippen LogP contribution < -0.4 is 0 Å². The number of carbonyl (C=O) groups excluding carboxylic acids is 3. The van der Waals surface area contributed by atoms with Crippen LogP contribution in [0.15, 0.2) is 12.7 Å². The topological polar surface area (TPSA) is 88.1 Å². The fourth-order valence-electron chi connectivity index (χ4n) is 1.23. The van der Waals surface area contributed by atoms with Crippen LogP contribution in [0.3, 0.4) is 0 Å². The van der Waals surface area contributed by atoms with E-state index in [1.54, 1.807) is 13.8 Å². The summed E-state index contributed by atoms with van der Waals surface area (Å²) < 4.78 is 19.5. The third-order valence-electron chi connectivity index (χ3n) is 2.48. The van der Waals surface area contributed by atoms with Gasteiger partial charge >= 0.3 is 17.9 Å². The van der Waals surface area contributed by atoms with Gasteiger partial charge in [0.05, 0.1) is 32.7 Å². The summed E-state index contributed by atoms with van der Waals surface area (Å²) in [5.74, 6) is -1.52. The largest absolute Gasteiger partial charge is 0.465 e. The highest BCUT2D eigenvalue weighted by atomic mass is 16.6. The first-order valence-corrected chi connectivity index (χ1v) is 6.90. The molecule has 0 fully saturated rings. The van der Waals surface area contributed by atoms with Crippen LogP contribution in [0, 0.1) is 5.41 Å². The van der Waals surface area contributed by atoms with Crippen molar-refractivity contribution < 1.29 is 33.3 Å². The van der Waals surface area contributed by atoms with E-state index in [0.29, 0.717) is 6.61 Å². The molecule has 0 N–H and O–H groups in total. The minimum atomic E-state index is -0.529. The molecule has 7 nitrogen and oxygen atoms in total. The average Bonchev–Trinajstić information content (AvgIpc) is 2.49. The van der Waals surface area contributed by atoms with Crippen molar-refractivity contribution in [2.75, 3.05) is 33.5 Å². The normalized spacial score (nSPS) is 10.7. The summed E-state index contributed by atoms with van der Waals surface area (Å²) in [5, 5.41) is 0. The molecule has 0 amide bonds. The van der Waals surface area contributed by atoms with E-state index in [1.807, 2.05) is 0 Å². The van der Waals surface area contributed by atoms with Gasteiger partial charge in [-0.3, -0.25) is 9.59 Å². The molecule has 126 valence electrons. The summed E-state index contributed by atoms with van der Waals surface area (Å²) in [5.41, 5.74) is -0.521. The Balaban J connectivity index is 3.89. The van der Waals surface area contributed by atoms with Gasteiger partial charge in [0, 0.05) is 18.6 Å². The Morgan fingerprint density at radius 3 is 2.05 bits per heavy atom. The molecule has 0 aliphatic heterocycles. The predicted molar refractivity (Wildman–Crippen MR) is 78.0 cm³/mol. The van der Waals surface area contributed by atoms with Crippen molar-refractivity contribution in [2.45, 2.75) is 26.7 Å². The van der Waals surface area contributed by atoms with Crippen LogP contribution >= 0.6 is 0 Å².